The predicted octanol–water partition coefficient (Wildman–Crippen LogP) is 0.764. The molecule has 1 aromatic rings. The minimum absolute atomic E-state index is 0.127. The lowest BCUT2D eigenvalue weighted by Crippen LogP contribution is -2.31. The average molecular weight is 309 g/mol. The third-order valence-corrected chi connectivity index (χ3v) is 2.81. The summed E-state index contributed by atoms with van der Waals surface area (Å²) in [5.41, 5.74) is 0. The third-order valence-electron chi connectivity index (χ3n) is 2.81. The zero-order valence-electron chi connectivity index (χ0n) is 12.1. The van der Waals surface area contributed by atoms with E-state index in [2.05, 4.69) is 5.32 Å². The molecule has 0 radical (unpaired) electrons. The summed E-state index contributed by atoms with van der Waals surface area (Å²) in [6, 6.07) is 9.85. The van der Waals surface area contributed by atoms with Crippen molar-refractivity contribution in [3.05, 3.63) is 42.5 Å². The predicted molar refractivity (Wildman–Crippen MR) is 78.9 cm³/mol. The summed E-state index contributed by atoms with van der Waals surface area (Å²) < 4.78 is 11.1. The molecule has 1 aromatic carbocycles. The smallest absolute Gasteiger partial charge is 0.328 e. The molecule has 0 spiro atoms. The molecular weight excluding hydrogens is 290 g/mol. The Kier molecular flexibility index (Phi) is 7.66. The van der Waals surface area contributed by atoms with Crippen LogP contribution in [0.25, 0.3) is 0 Å². The van der Waals surface area contributed by atoms with Crippen LogP contribution >= 0.6 is 0 Å². The fourth-order valence-corrected chi connectivity index (χ4v) is 1.80. The van der Waals surface area contributed by atoms with Crippen molar-refractivity contribution in [2.75, 3.05) is 20.2 Å². The lowest BCUT2D eigenvalue weighted by atomic mass is 10.2. The van der Waals surface area contributed by atoms with Gasteiger partial charge in [-0.15, -0.1) is 0 Å². The molecule has 0 unspecified atom stereocenters. The van der Waals surface area contributed by atoms with Crippen LogP contribution in [0.5, 0.6) is 5.75 Å². The highest BCUT2D eigenvalue weighted by atomic mass is 16.5. The number of hydrogen-bond donors (Lipinski definition) is 3. The van der Waals surface area contributed by atoms with E-state index in [0.717, 1.165) is 18.8 Å². The van der Waals surface area contributed by atoms with Crippen LogP contribution in [0.1, 0.15) is 0 Å². The van der Waals surface area contributed by atoms with Gasteiger partial charge in [0.15, 0.2) is 0 Å². The Morgan fingerprint density at radius 3 is 2.14 bits per heavy atom. The molecule has 0 bridgehead atoms. The summed E-state index contributed by atoms with van der Waals surface area (Å²) >= 11 is 0. The molecule has 1 saturated heterocycles. The van der Waals surface area contributed by atoms with Crippen molar-refractivity contribution in [1.29, 1.82) is 0 Å². The summed E-state index contributed by atoms with van der Waals surface area (Å²) in [6.07, 6.45) is 1.41. The molecule has 120 valence electrons. The number of benzene rings is 1. The number of carboxylic acids is 2. The van der Waals surface area contributed by atoms with E-state index in [4.69, 9.17) is 19.7 Å². The monoisotopic (exact) mass is 309 g/mol. The van der Waals surface area contributed by atoms with Crippen molar-refractivity contribution in [3.8, 4) is 5.75 Å². The molecule has 2 atom stereocenters. The van der Waals surface area contributed by atoms with Crippen molar-refractivity contribution >= 4 is 11.9 Å². The lowest BCUT2D eigenvalue weighted by Gasteiger charge is -2.18. The fourth-order valence-electron chi connectivity index (χ4n) is 1.80. The van der Waals surface area contributed by atoms with Crippen molar-refractivity contribution in [3.63, 3.8) is 0 Å². The minimum Gasteiger partial charge on any atom is -0.486 e. The average Bonchev–Trinajstić information content (AvgIpc) is 2.94. The standard InChI is InChI=1S/C11H15NO2.C4H4O4/c1-13-10-7-12-8-11(10)14-9-5-3-2-4-6-9;5-3(6)1-2-4(7)8/h2-6,10-12H,7-8H2,1H3;1-2H,(H,5,6)(H,7,8)/t10-,11-;/m1./s1. The molecular formula is C15H19NO6. The van der Waals surface area contributed by atoms with E-state index in [1.165, 1.54) is 0 Å². The summed E-state index contributed by atoms with van der Waals surface area (Å²) in [6.45, 7) is 1.72. The fraction of sp³-hybridized carbons (Fsp3) is 0.333. The van der Waals surface area contributed by atoms with Gasteiger partial charge in [0, 0.05) is 32.4 Å². The number of ether oxygens (including phenoxy) is 2. The van der Waals surface area contributed by atoms with Crippen LogP contribution in [0, 0.1) is 0 Å². The Hall–Kier alpha value is -2.38. The third kappa shape index (κ3) is 6.87. The number of para-hydroxylation sites is 1. The summed E-state index contributed by atoms with van der Waals surface area (Å²) in [7, 11) is 1.72. The van der Waals surface area contributed by atoms with Crippen molar-refractivity contribution in [2.24, 2.45) is 0 Å². The molecule has 0 amide bonds. The molecule has 1 aliphatic rings. The normalized spacial score (nSPS) is 20.2. The van der Waals surface area contributed by atoms with Gasteiger partial charge in [-0.1, -0.05) is 18.2 Å². The first-order chi connectivity index (χ1) is 10.5. The van der Waals surface area contributed by atoms with Gasteiger partial charge in [-0.3, -0.25) is 0 Å². The minimum atomic E-state index is -1.26. The second-order valence-corrected chi connectivity index (χ2v) is 4.41. The van der Waals surface area contributed by atoms with Crippen LogP contribution in [-0.2, 0) is 14.3 Å². The number of rotatable bonds is 5. The largest absolute Gasteiger partial charge is 0.486 e. The van der Waals surface area contributed by atoms with E-state index >= 15 is 0 Å². The Bertz CT molecular complexity index is 486. The van der Waals surface area contributed by atoms with Gasteiger partial charge in [0.05, 0.1) is 0 Å². The number of methoxy groups -OCH3 is 1. The second kappa shape index (κ2) is 9.54. The highest BCUT2D eigenvalue weighted by Crippen LogP contribution is 2.15. The Labute approximate surface area is 128 Å². The molecule has 0 aliphatic carbocycles. The molecule has 1 heterocycles. The van der Waals surface area contributed by atoms with E-state index in [9.17, 15) is 9.59 Å². The van der Waals surface area contributed by atoms with E-state index in [1.807, 2.05) is 30.3 Å². The quantitative estimate of drug-likeness (QED) is 0.690. The number of aliphatic carboxylic acids is 2. The molecule has 0 saturated carbocycles. The van der Waals surface area contributed by atoms with Gasteiger partial charge in [0.2, 0.25) is 0 Å². The van der Waals surface area contributed by atoms with Crippen molar-refractivity contribution in [2.45, 2.75) is 12.2 Å². The van der Waals surface area contributed by atoms with E-state index < -0.39 is 11.9 Å². The Balaban J connectivity index is 0.000000261. The van der Waals surface area contributed by atoms with Gasteiger partial charge in [-0.25, -0.2) is 9.59 Å². The van der Waals surface area contributed by atoms with Crippen LogP contribution in [0.4, 0.5) is 0 Å². The Morgan fingerprint density at radius 2 is 1.64 bits per heavy atom. The van der Waals surface area contributed by atoms with E-state index in [-0.39, 0.29) is 12.2 Å². The highest BCUT2D eigenvalue weighted by molar-refractivity contribution is 5.89. The first kappa shape index (κ1) is 17.7. The zero-order chi connectivity index (χ0) is 16.4. The molecule has 1 fully saturated rings. The molecule has 1 aliphatic heterocycles. The number of carbonyl (C=O) groups is 2. The second-order valence-electron chi connectivity index (χ2n) is 4.41. The van der Waals surface area contributed by atoms with Crippen LogP contribution in [0.2, 0.25) is 0 Å². The van der Waals surface area contributed by atoms with Gasteiger partial charge in [0.25, 0.3) is 0 Å². The molecule has 7 nitrogen and oxygen atoms in total. The maximum atomic E-state index is 9.55. The zero-order valence-corrected chi connectivity index (χ0v) is 12.1. The first-order valence-corrected chi connectivity index (χ1v) is 6.62. The van der Waals surface area contributed by atoms with Gasteiger partial charge in [-0.05, 0) is 12.1 Å². The van der Waals surface area contributed by atoms with Crippen LogP contribution in [0.3, 0.4) is 0 Å². The summed E-state index contributed by atoms with van der Waals surface area (Å²) in [5, 5.41) is 18.9. The topological polar surface area (TPSA) is 105 Å². The van der Waals surface area contributed by atoms with Gasteiger partial charge >= 0.3 is 11.9 Å². The van der Waals surface area contributed by atoms with Crippen LogP contribution in [0.15, 0.2) is 42.5 Å². The molecule has 2 rings (SSSR count). The van der Waals surface area contributed by atoms with Crippen LogP contribution < -0.4 is 10.1 Å². The number of hydrogen-bond acceptors (Lipinski definition) is 5. The SMILES string of the molecule is CO[C@@H]1CNC[C@H]1Oc1ccccc1.O=C(O)C=CC(=O)O. The summed E-state index contributed by atoms with van der Waals surface area (Å²) in [4.78, 5) is 19.1. The van der Waals surface area contributed by atoms with Crippen molar-refractivity contribution in [1.82, 2.24) is 5.32 Å². The summed E-state index contributed by atoms with van der Waals surface area (Å²) in [5.74, 6) is -1.61. The maximum Gasteiger partial charge on any atom is 0.328 e. The van der Waals surface area contributed by atoms with Gasteiger partial charge in [0.1, 0.15) is 18.0 Å². The van der Waals surface area contributed by atoms with Crippen molar-refractivity contribution < 1.29 is 29.3 Å². The van der Waals surface area contributed by atoms with Gasteiger partial charge in [-0.2, -0.15) is 0 Å². The lowest BCUT2D eigenvalue weighted by molar-refractivity contribution is -0.134. The molecule has 3 N–H and O–H groups in total. The Morgan fingerprint density at radius 1 is 1.09 bits per heavy atom. The molecule has 22 heavy (non-hydrogen) atoms. The maximum absolute atomic E-state index is 9.55. The van der Waals surface area contributed by atoms with Gasteiger partial charge < -0.3 is 25.0 Å². The first-order valence-electron chi connectivity index (χ1n) is 6.62. The number of nitrogens with one attached hydrogen (secondary N) is 1. The number of carboxylic acid groups (broad SMARTS) is 2. The highest BCUT2D eigenvalue weighted by Gasteiger charge is 2.28. The van der Waals surface area contributed by atoms with E-state index in [0.29, 0.717) is 12.2 Å². The van der Waals surface area contributed by atoms with Crippen LogP contribution in [-0.4, -0.2) is 54.6 Å². The molecule has 7 heteroatoms. The van der Waals surface area contributed by atoms with E-state index in [1.54, 1.807) is 7.11 Å². The molecule has 0 aromatic heterocycles.